The van der Waals surface area contributed by atoms with Gasteiger partial charge in [-0.1, -0.05) is 79.4 Å². The van der Waals surface area contributed by atoms with E-state index in [1.54, 1.807) is 0 Å². The monoisotopic (exact) mass is 250 g/mol. The highest BCUT2D eigenvalue weighted by Crippen LogP contribution is 2.25. The molecule has 0 heterocycles. The fraction of sp³-hybridized carbons (Fsp3) is 0.158. The number of allylic oxidation sites excluding steroid dienone is 9. The van der Waals surface area contributed by atoms with Crippen LogP contribution in [0, 0.1) is 0 Å². The van der Waals surface area contributed by atoms with Crippen molar-refractivity contribution in [2.45, 2.75) is 20.3 Å². The first-order chi connectivity index (χ1) is 9.33. The van der Waals surface area contributed by atoms with Crippen molar-refractivity contribution in [3.63, 3.8) is 0 Å². The summed E-state index contributed by atoms with van der Waals surface area (Å²) < 4.78 is 0. The Morgan fingerprint density at radius 3 is 2.42 bits per heavy atom. The molecule has 19 heavy (non-hydrogen) atoms. The van der Waals surface area contributed by atoms with Gasteiger partial charge in [0.2, 0.25) is 0 Å². The summed E-state index contributed by atoms with van der Waals surface area (Å²) in [6, 6.07) is 10.5. The Balaban J connectivity index is 3.22. The van der Waals surface area contributed by atoms with E-state index in [1.165, 1.54) is 16.7 Å². The van der Waals surface area contributed by atoms with Gasteiger partial charge in [-0.3, -0.25) is 0 Å². The fourth-order valence-electron chi connectivity index (χ4n) is 1.88. The number of hydrogen-bond acceptors (Lipinski definition) is 0. The first-order valence-corrected chi connectivity index (χ1v) is 6.66. The standard InChI is InChI=1S/C19H22/c1-4-7-9-16-19(17(12-5-2)13-6-3)18-14-10-8-11-15-18/h4-8,10-16H,2,9H2,1,3H3/b7-4-,13-6-,17-12+,19-16-. The number of rotatable bonds is 6. The minimum absolute atomic E-state index is 0.937. The topological polar surface area (TPSA) is 0 Å². The van der Waals surface area contributed by atoms with Crippen molar-refractivity contribution >= 4 is 5.57 Å². The van der Waals surface area contributed by atoms with E-state index < -0.39 is 0 Å². The molecule has 0 nitrogen and oxygen atoms in total. The normalized spacial score (nSPS) is 13.4. The first-order valence-electron chi connectivity index (χ1n) is 6.66. The number of benzene rings is 1. The van der Waals surface area contributed by atoms with Crippen molar-refractivity contribution in [1.29, 1.82) is 0 Å². The van der Waals surface area contributed by atoms with Gasteiger partial charge in [0.1, 0.15) is 0 Å². The molecule has 0 spiro atoms. The van der Waals surface area contributed by atoms with E-state index >= 15 is 0 Å². The molecule has 0 N–H and O–H groups in total. The molecular formula is C19H22. The lowest BCUT2D eigenvalue weighted by Crippen LogP contribution is -1.88. The second kappa shape index (κ2) is 8.93. The molecule has 1 aromatic carbocycles. The van der Waals surface area contributed by atoms with E-state index in [2.05, 4.69) is 67.3 Å². The summed E-state index contributed by atoms with van der Waals surface area (Å²) in [6.45, 7) is 7.88. The number of hydrogen-bond donors (Lipinski definition) is 0. The second-order valence-electron chi connectivity index (χ2n) is 4.15. The van der Waals surface area contributed by atoms with Crippen molar-refractivity contribution in [2.24, 2.45) is 0 Å². The molecule has 98 valence electrons. The third kappa shape index (κ3) is 4.97. The van der Waals surface area contributed by atoms with E-state index in [-0.39, 0.29) is 0 Å². The van der Waals surface area contributed by atoms with Gasteiger partial charge in [-0.15, -0.1) is 0 Å². The van der Waals surface area contributed by atoms with Crippen LogP contribution in [0.4, 0.5) is 0 Å². The van der Waals surface area contributed by atoms with Gasteiger partial charge in [0.15, 0.2) is 0 Å². The molecule has 0 aliphatic carbocycles. The van der Waals surface area contributed by atoms with Gasteiger partial charge in [0, 0.05) is 0 Å². The van der Waals surface area contributed by atoms with Crippen molar-refractivity contribution in [1.82, 2.24) is 0 Å². The smallest absolute Gasteiger partial charge is 0.0148 e. The van der Waals surface area contributed by atoms with Gasteiger partial charge in [-0.2, -0.15) is 0 Å². The van der Waals surface area contributed by atoms with Crippen LogP contribution in [0.1, 0.15) is 25.8 Å². The molecule has 0 radical (unpaired) electrons. The Bertz CT molecular complexity index is 496. The first kappa shape index (κ1) is 15.0. The molecule has 0 bridgehead atoms. The van der Waals surface area contributed by atoms with Crippen LogP contribution < -0.4 is 0 Å². The molecule has 0 heteroatoms. The lowest BCUT2D eigenvalue weighted by molar-refractivity contribution is 1.37. The molecular weight excluding hydrogens is 228 g/mol. The van der Waals surface area contributed by atoms with Gasteiger partial charge in [0.05, 0.1) is 0 Å². The zero-order valence-corrected chi connectivity index (χ0v) is 11.8. The summed E-state index contributed by atoms with van der Waals surface area (Å²) in [5.41, 5.74) is 3.67. The van der Waals surface area contributed by atoms with Crippen molar-refractivity contribution in [3.05, 3.63) is 90.6 Å². The Kier molecular flexibility index (Phi) is 7.04. The Morgan fingerprint density at radius 1 is 1.11 bits per heavy atom. The van der Waals surface area contributed by atoms with E-state index in [1.807, 2.05) is 26.0 Å². The fourth-order valence-corrected chi connectivity index (χ4v) is 1.88. The Labute approximate surface area is 117 Å². The summed E-state index contributed by atoms with van der Waals surface area (Å²) in [7, 11) is 0. The van der Waals surface area contributed by atoms with Crippen molar-refractivity contribution in [3.8, 4) is 0 Å². The van der Waals surface area contributed by atoms with Crippen LogP contribution in [0.25, 0.3) is 5.57 Å². The molecule has 1 rings (SSSR count). The average molecular weight is 250 g/mol. The van der Waals surface area contributed by atoms with Crippen LogP contribution in [0.15, 0.2) is 85.0 Å². The molecule has 0 fully saturated rings. The van der Waals surface area contributed by atoms with Crippen LogP contribution in [-0.2, 0) is 0 Å². The predicted octanol–water partition coefficient (Wildman–Crippen LogP) is 5.72. The van der Waals surface area contributed by atoms with Gasteiger partial charge >= 0.3 is 0 Å². The highest BCUT2D eigenvalue weighted by atomic mass is 14.1. The van der Waals surface area contributed by atoms with Crippen LogP contribution in [0.3, 0.4) is 0 Å². The lowest BCUT2D eigenvalue weighted by Gasteiger charge is -2.09. The summed E-state index contributed by atoms with van der Waals surface area (Å²) >= 11 is 0. The summed E-state index contributed by atoms with van der Waals surface area (Å²) in [5.74, 6) is 0. The molecule has 0 aromatic heterocycles. The van der Waals surface area contributed by atoms with Crippen molar-refractivity contribution in [2.75, 3.05) is 0 Å². The van der Waals surface area contributed by atoms with E-state index in [9.17, 15) is 0 Å². The molecule has 1 aromatic rings. The molecule has 0 unspecified atom stereocenters. The van der Waals surface area contributed by atoms with E-state index in [0.29, 0.717) is 0 Å². The molecule has 0 atom stereocenters. The third-order valence-electron chi connectivity index (χ3n) is 2.73. The van der Waals surface area contributed by atoms with Crippen LogP contribution in [-0.4, -0.2) is 0 Å². The van der Waals surface area contributed by atoms with Gasteiger partial charge in [-0.05, 0) is 37.0 Å². The van der Waals surface area contributed by atoms with E-state index in [4.69, 9.17) is 0 Å². The molecule has 0 aliphatic heterocycles. The highest BCUT2D eigenvalue weighted by Gasteiger charge is 2.03. The van der Waals surface area contributed by atoms with Gasteiger partial charge < -0.3 is 0 Å². The Morgan fingerprint density at radius 2 is 1.84 bits per heavy atom. The lowest BCUT2D eigenvalue weighted by atomic mass is 9.96. The SMILES string of the molecule is C=C/C=C(\C=C/C)C(=C/C/C=C\C)/c1ccccc1. The summed E-state index contributed by atoms with van der Waals surface area (Å²) in [4.78, 5) is 0. The van der Waals surface area contributed by atoms with Crippen LogP contribution >= 0.6 is 0 Å². The van der Waals surface area contributed by atoms with Crippen LogP contribution in [0.2, 0.25) is 0 Å². The largest absolute Gasteiger partial charge is 0.0990 e. The van der Waals surface area contributed by atoms with Gasteiger partial charge in [-0.25, -0.2) is 0 Å². The zero-order valence-electron chi connectivity index (χ0n) is 11.8. The summed E-state index contributed by atoms with van der Waals surface area (Å²) in [6.07, 6.45) is 15.5. The maximum absolute atomic E-state index is 3.80. The summed E-state index contributed by atoms with van der Waals surface area (Å²) in [5, 5.41) is 0. The maximum Gasteiger partial charge on any atom is -0.0148 e. The third-order valence-corrected chi connectivity index (χ3v) is 2.73. The maximum atomic E-state index is 3.80. The zero-order chi connectivity index (χ0) is 13.9. The molecule has 0 amide bonds. The molecule has 0 saturated carbocycles. The Hall–Kier alpha value is -2.08. The van der Waals surface area contributed by atoms with Crippen molar-refractivity contribution < 1.29 is 0 Å². The second-order valence-corrected chi connectivity index (χ2v) is 4.15. The average Bonchev–Trinajstić information content (AvgIpc) is 2.45. The van der Waals surface area contributed by atoms with Gasteiger partial charge in [0.25, 0.3) is 0 Å². The minimum atomic E-state index is 0.937. The van der Waals surface area contributed by atoms with E-state index in [0.717, 1.165) is 6.42 Å². The quantitative estimate of drug-likeness (QED) is 0.447. The molecule has 0 aliphatic rings. The highest BCUT2D eigenvalue weighted by molar-refractivity contribution is 5.82. The van der Waals surface area contributed by atoms with Crippen LogP contribution in [0.5, 0.6) is 0 Å². The molecule has 0 saturated heterocycles. The minimum Gasteiger partial charge on any atom is -0.0990 e. The predicted molar refractivity (Wildman–Crippen MR) is 86.9 cm³/mol.